The van der Waals surface area contributed by atoms with Crippen LogP contribution in [0.25, 0.3) is 10.9 Å². The molecular weight excluding hydrogens is 512 g/mol. The van der Waals surface area contributed by atoms with Crippen LogP contribution >= 0.6 is 0 Å². The maximum absolute atomic E-state index is 13.3. The lowest BCUT2D eigenvalue weighted by Crippen LogP contribution is -2.27. The van der Waals surface area contributed by atoms with Gasteiger partial charge < -0.3 is 14.2 Å². The molecule has 0 aliphatic rings. The van der Waals surface area contributed by atoms with Crippen LogP contribution in [0.15, 0.2) is 79.1 Å². The Kier molecular flexibility index (Phi) is 7.97. The quantitative estimate of drug-likeness (QED) is 0.203. The molecule has 5 aromatic rings. The highest BCUT2D eigenvalue weighted by Crippen LogP contribution is 2.29. The third-order valence-electron chi connectivity index (χ3n) is 7.71. The molecule has 0 bridgehead atoms. The van der Waals surface area contributed by atoms with E-state index in [0.717, 1.165) is 50.4 Å². The van der Waals surface area contributed by atoms with E-state index in [2.05, 4.69) is 23.0 Å². The average molecular weight is 547 g/mol. The summed E-state index contributed by atoms with van der Waals surface area (Å²) in [4.78, 5) is 36.6. The number of carbonyl (C=O) groups is 2. The molecule has 0 spiro atoms. The molecule has 7 nitrogen and oxygen atoms in total. The number of carbonyl (C=O) groups excluding carboxylic acids is 2. The van der Waals surface area contributed by atoms with Gasteiger partial charge >= 0.3 is 0 Å². The summed E-state index contributed by atoms with van der Waals surface area (Å²) in [6.07, 6.45) is 4.05. The van der Waals surface area contributed by atoms with Crippen molar-refractivity contribution in [2.75, 3.05) is 11.9 Å². The summed E-state index contributed by atoms with van der Waals surface area (Å²) in [5.41, 5.74) is 7.83. The first-order valence-corrected chi connectivity index (χ1v) is 13.7. The predicted octanol–water partition coefficient (Wildman–Crippen LogP) is 6.30. The van der Waals surface area contributed by atoms with Gasteiger partial charge in [-0.15, -0.1) is 0 Å². The third kappa shape index (κ3) is 5.75. The number of nitrogens with zero attached hydrogens (tertiary/aromatic N) is 4. The van der Waals surface area contributed by atoms with Crippen LogP contribution in [0, 0.1) is 20.8 Å². The summed E-state index contributed by atoms with van der Waals surface area (Å²) in [6, 6.07) is 21.2. The minimum atomic E-state index is -0.0882. The number of hydrogen-bond donors (Lipinski definition) is 0. The van der Waals surface area contributed by atoms with Crippen molar-refractivity contribution >= 4 is 28.3 Å². The van der Waals surface area contributed by atoms with Gasteiger partial charge in [0.15, 0.2) is 0 Å². The zero-order valence-electron chi connectivity index (χ0n) is 24.1. The van der Waals surface area contributed by atoms with Gasteiger partial charge in [-0.2, -0.15) is 0 Å². The molecule has 0 aliphatic heterocycles. The molecule has 0 aliphatic carbocycles. The van der Waals surface area contributed by atoms with Gasteiger partial charge in [0.05, 0.1) is 5.69 Å². The second-order valence-corrected chi connectivity index (χ2v) is 10.4. The van der Waals surface area contributed by atoms with Crippen LogP contribution in [0.2, 0.25) is 0 Å². The summed E-state index contributed by atoms with van der Waals surface area (Å²) in [5.74, 6) is 0.650. The van der Waals surface area contributed by atoms with Gasteiger partial charge in [-0.25, -0.2) is 4.98 Å². The summed E-state index contributed by atoms with van der Waals surface area (Å²) in [6.45, 7) is 6.44. The molecule has 0 fully saturated rings. The molecule has 0 saturated heterocycles. The molecule has 208 valence electrons. The molecule has 7 heteroatoms. The maximum Gasteiger partial charge on any atom is 0.227 e. The van der Waals surface area contributed by atoms with Crippen molar-refractivity contribution in [1.29, 1.82) is 0 Å². The first kappa shape index (κ1) is 27.8. The number of para-hydroxylation sites is 1. The van der Waals surface area contributed by atoms with Crippen LogP contribution in [0.4, 0.5) is 5.69 Å². The van der Waals surface area contributed by atoms with Crippen molar-refractivity contribution in [3.05, 3.63) is 118 Å². The van der Waals surface area contributed by atoms with E-state index in [1.807, 2.05) is 81.0 Å². The van der Waals surface area contributed by atoms with Crippen LogP contribution < -0.4 is 9.64 Å². The topological polar surface area (TPSA) is 77.3 Å². The van der Waals surface area contributed by atoms with Gasteiger partial charge in [0, 0.05) is 60.9 Å². The minimum absolute atomic E-state index is 0.00103. The molecule has 0 radical (unpaired) electrons. The van der Waals surface area contributed by atoms with E-state index in [0.29, 0.717) is 30.7 Å². The van der Waals surface area contributed by atoms with Gasteiger partial charge in [-0.3, -0.25) is 14.6 Å². The summed E-state index contributed by atoms with van der Waals surface area (Å²) < 4.78 is 8.15. The van der Waals surface area contributed by atoms with Crippen molar-refractivity contribution in [3.63, 3.8) is 0 Å². The molecule has 3 aromatic heterocycles. The van der Waals surface area contributed by atoms with E-state index in [-0.39, 0.29) is 11.7 Å². The number of ketones is 1. The zero-order valence-corrected chi connectivity index (χ0v) is 24.1. The molecule has 1 amide bonds. The smallest absolute Gasteiger partial charge is 0.227 e. The SMILES string of the molecule is Cc1ccc2cccc(OCc3c(C)ccc(N(C)C(=O)CCc4ccc(C(=O)c5cccnc5)n4C)c3C)c2n1. The van der Waals surface area contributed by atoms with Crippen molar-refractivity contribution in [2.24, 2.45) is 7.05 Å². The van der Waals surface area contributed by atoms with E-state index < -0.39 is 0 Å². The van der Waals surface area contributed by atoms with Crippen LogP contribution in [0.3, 0.4) is 0 Å². The van der Waals surface area contributed by atoms with Gasteiger partial charge in [0.2, 0.25) is 11.7 Å². The largest absolute Gasteiger partial charge is 0.487 e. The van der Waals surface area contributed by atoms with E-state index in [9.17, 15) is 9.59 Å². The Morgan fingerprint density at radius 1 is 0.951 bits per heavy atom. The van der Waals surface area contributed by atoms with E-state index in [1.165, 1.54) is 0 Å². The number of amides is 1. The van der Waals surface area contributed by atoms with Crippen LogP contribution in [-0.2, 0) is 24.9 Å². The van der Waals surface area contributed by atoms with Gasteiger partial charge in [-0.1, -0.05) is 24.3 Å². The Labute approximate surface area is 240 Å². The highest BCUT2D eigenvalue weighted by Gasteiger charge is 2.19. The Bertz CT molecular complexity index is 1740. The van der Waals surface area contributed by atoms with Crippen molar-refractivity contribution in [3.8, 4) is 5.75 Å². The number of fused-ring (bicyclic) bond motifs is 1. The molecule has 3 heterocycles. The van der Waals surface area contributed by atoms with E-state index in [1.54, 1.807) is 29.4 Å². The lowest BCUT2D eigenvalue weighted by Gasteiger charge is -2.23. The van der Waals surface area contributed by atoms with Crippen LogP contribution in [0.1, 0.15) is 50.6 Å². The Morgan fingerprint density at radius 3 is 2.56 bits per heavy atom. The highest BCUT2D eigenvalue weighted by molar-refractivity contribution is 6.07. The number of aromatic nitrogens is 3. The lowest BCUT2D eigenvalue weighted by atomic mass is 10.0. The first-order chi connectivity index (χ1) is 19.7. The standard InChI is InChI=1S/C34H34N4O3/c1-22-11-16-29(24(3)28(22)21-41-31-10-6-8-25-13-12-23(2)36-33(25)31)38(5)32(39)18-15-27-14-17-30(37(27)4)34(40)26-9-7-19-35-20-26/h6-14,16-17,19-20H,15,18,21H2,1-5H3. The molecule has 2 aromatic carbocycles. The minimum Gasteiger partial charge on any atom is -0.487 e. The molecule has 5 rings (SSSR count). The summed E-state index contributed by atoms with van der Waals surface area (Å²) in [5, 5.41) is 1.03. The van der Waals surface area contributed by atoms with Crippen molar-refractivity contribution in [1.82, 2.24) is 14.5 Å². The molecule has 0 atom stereocenters. The van der Waals surface area contributed by atoms with Crippen molar-refractivity contribution in [2.45, 2.75) is 40.2 Å². The van der Waals surface area contributed by atoms with E-state index in [4.69, 9.17) is 4.74 Å². The number of ether oxygens (including phenoxy) is 1. The van der Waals surface area contributed by atoms with Gasteiger partial charge in [0.1, 0.15) is 17.9 Å². The average Bonchev–Trinajstić information content (AvgIpc) is 3.35. The van der Waals surface area contributed by atoms with Crippen LogP contribution in [-0.4, -0.2) is 33.3 Å². The lowest BCUT2D eigenvalue weighted by molar-refractivity contribution is -0.118. The number of aryl methyl sites for hydroxylation is 3. The first-order valence-electron chi connectivity index (χ1n) is 13.7. The normalized spacial score (nSPS) is 11.0. The number of anilines is 1. The van der Waals surface area contributed by atoms with Crippen molar-refractivity contribution < 1.29 is 14.3 Å². The fourth-order valence-corrected chi connectivity index (χ4v) is 5.16. The second-order valence-electron chi connectivity index (χ2n) is 10.4. The number of benzene rings is 2. The molecule has 0 saturated carbocycles. The maximum atomic E-state index is 13.3. The summed E-state index contributed by atoms with van der Waals surface area (Å²) in [7, 11) is 3.67. The molecular formula is C34H34N4O3. The second kappa shape index (κ2) is 11.8. The number of pyridine rings is 2. The predicted molar refractivity (Wildman–Crippen MR) is 162 cm³/mol. The Hall–Kier alpha value is -4.78. The third-order valence-corrected chi connectivity index (χ3v) is 7.71. The highest BCUT2D eigenvalue weighted by atomic mass is 16.5. The molecule has 41 heavy (non-hydrogen) atoms. The van der Waals surface area contributed by atoms with Crippen LogP contribution in [0.5, 0.6) is 5.75 Å². The number of rotatable bonds is 9. The summed E-state index contributed by atoms with van der Waals surface area (Å²) >= 11 is 0. The molecule has 0 N–H and O–H groups in total. The fourth-order valence-electron chi connectivity index (χ4n) is 5.16. The van der Waals surface area contributed by atoms with Gasteiger partial charge in [0.25, 0.3) is 0 Å². The van der Waals surface area contributed by atoms with E-state index >= 15 is 0 Å². The number of hydrogen-bond acceptors (Lipinski definition) is 5. The van der Waals surface area contributed by atoms with Gasteiger partial charge in [-0.05, 0) is 86.3 Å². The fraction of sp³-hybridized carbons (Fsp3) is 0.235. The zero-order chi connectivity index (χ0) is 29.1. The molecule has 0 unspecified atom stereocenters. The Balaban J connectivity index is 1.28. The monoisotopic (exact) mass is 546 g/mol. The Morgan fingerprint density at radius 2 is 1.78 bits per heavy atom.